The van der Waals surface area contributed by atoms with Gasteiger partial charge in [0.15, 0.2) is 0 Å². The molecule has 3 N–H and O–H groups in total. The Bertz CT molecular complexity index is 1560. The molecule has 2 aliphatic rings. The summed E-state index contributed by atoms with van der Waals surface area (Å²) in [6, 6.07) is 23.0. The highest BCUT2D eigenvalue weighted by Gasteiger charge is 2.29. The van der Waals surface area contributed by atoms with Crippen molar-refractivity contribution in [3.05, 3.63) is 132 Å². The minimum Gasteiger partial charge on any atom is -0.480 e. The molecule has 0 bridgehead atoms. The zero-order valence-electron chi connectivity index (χ0n) is 25.1. The second-order valence-corrected chi connectivity index (χ2v) is 11.2. The molecule has 0 spiro atoms. The predicted octanol–water partition coefficient (Wildman–Crippen LogP) is 6.88. The first-order valence-electron chi connectivity index (χ1n) is 15.3. The minimum absolute atomic E-state index is 0.102. The van der Waals surface area contributed by atoms with Crippen molar-refractivity contribution in [3.63, 3.8) is 0 Å². The van der Waals surface area contributed by atoms with Crippen molar-refractivity contribution in [1.82, 2.24) is 10.6 Å². The molecule has 0 saturated carbocycles. The van der Waals surface area contributed by atoms with Crippen LogP contribution in [0.25, 0.3) is 11.1 Å². The summed E-state index contributed by atoms with van der Waals surface area (Å²) in [5.74, 6) is -1.42. The van der Waals surface area contributed by atoms with Gasteiger partial charge >= 0.3 is 18.2 Å². The molecule has 0 fully saturated rings. The molecule has 0 aromatic heterocycles. The summed E-state index contributed by atoms with van der Waals surface area (Å²) in [7, 11) is 0. The topological polar surface area (TPSA) is 114 Å². The molecule has 2 atom stereocenters. The van der Waals surface area contributed by atoms with Crippen LogP contribution in [-0.2, 0) is 20.7 Å². The highest BCUT2D eigenvalue weighted by molar-refractivity contribution is 5.81. The average molecular weight is 607 g/mol. The molecule has 45 heavy (non-hydrogen) atoms. The third-order valence-corrected chi connectivity index (χ3v) is 8.28. The van der Waals surface area contributed by atoms with Crippen LogP contribution in [0.5, 0.6) is 0 Å². The van der Waals surface area contributed by atoms with Crippen molar-refractivity contribution < 1.29 is 29.0 Å². The molecule has 3 aromatic carbocycles. The largest absolute Gasteiger partial charge is 0.480 e. The number of aliphatic carboxylic acids is 1. The summed E-state index contributed by atoms with van der Waals surface area (Å²) in [5, 5.41) is 14.9. The lowest BCUT2D eigenvalue weighted by Gasteiger charge is -2.21. The maximum absolute atomic E-state index is 12.6. The number of allylic oxidation sites excluding steroid dienone is 4. The van der Waals surface area contributed by atoms with Crippen LogP contribution in [0, 0.1) is 0 Å². The van der Waals surface area contributed by atoms with Gasteiger partial charge in [-0.2, -0.15) is 0 Å². The molecule has 0 heterocycles. The van der Waals surface area contributed by atoms with E-state index in [2.05, 4.69) is 41.5 Å². The molecule has 8 nitrogen and oxygen atoms in total. The van der Waals surface area contributed by atoms with E-state index in [0.717, 1.165) is 45.4 Å². The third-order valence-electron chi connectivity index (χ3n) is 8.28. The van der Waals surface area contributed by atoms with Gasteiger partial charge in [-0.25, -0.2) is 14.4 Å². The van der Waals surface area contributed by atoms with Crippen molar-refractivity contribution >= 4 is 18.2 Å². The number of ether oxygens (including phenoxy) is 2. The summed E-state index contributed by atoms with van der Waals surface area (Å²) >= 11 is 0. The van der Waals surface area contributed by atoms with E-state index < -0.39 is 24.2 Å². The highest BCUT2D eigenvalue weighted by atomic mass is 16.6. The van der Waals surface area contributed by atoms with E-state index in [0.29, 0.717) is 19.4 Å². The zero-order chi connectivity index (χ0) is 31.6. The number of hydrogen-bond acceptors (Lipinski definition) is 5. The molecule has 5 rings (SSSR count). The molecule has 0 radical (unpaired) electrons. The van der Waals surface area contributed by atoms with E-state index in [4.69, 9.17) is 9.47 Å². The Morgan fingerprint density at radius 3 is 2.13 bits per heavy atom. The number of carbonyl (C=O) groups is 3. The Balaban J connectivity index is 1.04. The lowest BCUT2D eigenvalue weighted by molar-refractivity contribution is -0.139. The van der Waals surface area contributed by atoms with Crippen LogP contribution in [0.2, 0.25) is 0 Å². The number of carboxylic acids is 1. The standard InChI is InChI=1S/C37H38N2O6/c1-25-13-3-2-4-14-26-15-5-6-16-27(26)32(25)23-44-36(42)38-22-12-11-21-34(35(40)41)39-37(43)45-24-33-30-19-9-7-17-28(30)29-18-8-10-20-31(29)33/h2-10,13,15-20,32-34H,1,11-12,14,21-24H2,(H,38,42)(H,39,43)(H,40,41)/b4-2-,13-3-/t32-,34+/m1/s1. The summed E-state index contributed by atoms with van der Waals surface area (Å²) in [6.07, 6.45) is 8.57. The Kier molecular flexibility index (Phi) is 10.5. The molecule has 232 valence electrons. The van der Waals surface area contributed by atoms with Crippen molar-refractivity contribution in [3.8, 4) is 11.1 Å². The van der Waals surface area contributed by atoms with Gasteiger partial charge in [-0.1, -0.05) is 104 Å². The van der Waals surface area contributed by atoms with Crippen LogP contribution in [0.1, 0.15) is 53.4 Å². The average Bonchev–Trinajstić information content (AvgIpc) is 3.39. The van der Waals surface area contributed by atoms with E-state index in [1.165, 1.54) is 0 Å². The fourth-order valence-corrected chi connectivity index (χ4v) is 5.94. The summed E-state index contributed by atoms with van der Waals surface area (Å²) < 4.78 is 11.1. The number of amides is 2. The van der Waals surface area contributed by atoms with Crippen molar-refractivity contribution in [2.24, 2.45) is 0 Å². The number of alkyl carbamates (subject to hydrolysis) is 2. The number of benzene rings is 3. The zero-order valence-corrected chi connectivity index (χ0v) is 25.1. The Labute approximate surface area is 263 Å². The second kappa shape index (κ2) is 15.1. The Morgan fingerprint density at radius 2 is 1.42 bits per heavy atom. The van der Waals surface area contributed by atoms with Gasteiger partial charge in [0.05, 0.1) is 0 Å². The molecular formula is C37H38N2O6. The van der Waals surface area contributed by atoms with Crippen molar-refractivity contribution in [2.45, 2.75) is 43.6 Å². The van der Waals surface area contributed by atoms with E-state index in [-0.39, 0.29) is 31.5 Å². The van der Waals surface area contributed by atoms with Crippen LogP contribution in [0.3, 0.4) is 0 Å². The molecule has 8 heteroatoms. The number of carboxylic acid groups (broad SMARTS) is 1. The van der Waals surface area contributed by atoms with Crippen molar-refractivity contribution in [1.29, 1.82) is 0 Å². The SMILES string of the molecule is C=C1/C=C\C=C/Cc2ccccc2[C@@H]1COC(=O)NCCCC[C@H](NC(=O)OCC1c2ccccc2-c2ccccc21)C(=O)O. The number of hydrogen-bond donors (Lipinski definition) is 3. The van der Waals surface area contributed by atoms with Crippen LogP contribution in [0.15, 0.2) is 109 Å². The fourth-order valence-electron chi connectivity index (χ4n) is 5.94. The number of unbranched alkanes of at least 4 members (excludes halogenated alkanes) is 1. The highest BCUT2D eigenvalue weighted by Crippen LogP contribution is 2.44. The van der Waals surface area contributed by atoms with Gasteiger partial charge in [0.2, 0.25) is 0 Å². The molecule has 3 aromatic rings. The van der Waals surface area contributed by atoms with Gasteiger partial charge in [-0.05, 0) is 64.6 Å². The van der Waals surface area contributed by atoms with Gasteiger partial charge in [0.25, 0.3) is 0 Å². The maximum Gasteiger partial charge on any atom is 0.407 e. The molecule has 0 unspecified atom stereocenters. The first-order valence-corrected chi connectivity index (χ1v) is 15.3. The smallest absolute Gasteiger partial charge is 0.407 e. The van der Waals surface area contributed by atoms with Gasteiger partial charge in [-0.15, -0.1) is 0 Å². The molecular weight excluding hydrogens is 568 g/mol. The van der Waals surface area contributed by atoms with E-state index in [9.17, 15) is 19.5 Å². The van der Waals surface area contributed by atoms with E-state index >= 15 is 0 Å². The normalized spacial score (nSPS) is 17.2. The van der Waals surface area contributed by atoms with Gasteiger partial charge in [0.1, 0.15) is 19.3 Å². The molecule has 2 amide bonds. The first-order chi connectivity index (χ1) is 21.9. The maximum atomic E-state index is 12.6. The number of rotatable bonds is 11. The lowest BCUT2D eigenvalue weighted by atomic mass is 9.88. The van der Waals surface area contributed by atoms with Crippen LogP contribution < -0.4 is 10.6 Å². The van der Waals surface area contributed by atoms with Crippen LogP contribution in [-0.4, -0.2) is 49.1 Å². The quantitative estimate of drug-likeness (QED) is 0.205. The van der Waals surface area contributed by atoms with Gasteiger partial charge < -0.3 is 25.2 Å². The minimum atomic E-state index is -1.14. The summed E-state index contributed by atoms with van der Waals surface area (Å²) in [4.78, 5) is 36.9. The van der Waals surface area contributed by atoms with Crippen molar-refractivity contribution in [2.75, 3.05) is 19.8 Å². The van der Waals surface area contributed by atoms with Gasteiger partial charge in [-0.3, -0.25) is 0 Å². The number of carbonyl (C=O) groups excluding carboxylic acids is 2. The van der Waals surface area contributed by atoms with Gasteiger partial charge in [0, 0.05) is 18.4 Å². The fraction of sp³-hybridized carbons (Fsp3) is 0.270. The molecule has 0 aliphatic heterocycles. The number of nitrogens with one attached hydrogen (secondary N) is 2. The third kappa shape index (κ3) is 7.89. The number of fused-ring (bicyclic) bond motifs is 4. The molecule has 2 aliphatic carbocycles. The summed E-state index contributed by atoms with van der Waals surface area (Å²) in [6.45, 7) is 4.74. The van der Waals surface area contributed by atoms with Crippen LogP contribution >= 0.6 is 0 Å². The van der Waals surface area contributed by atoms with E-state index in [1.807, 2.05) is 72.8 Å². The summed E-state index contributed by atoms with van der Waals surface area (Å²) in [5.41, 5.74) is 7.48. The Morgan fingerprint density at radius 1 is 0.800 bits per heavy atom. The Hall–Kier alpha value is -5.11. The lowest BCUT2D eigenvalue weighted by Crippen LogP contribution is -2.41. The predicted molar refractivity (Wildman–Crippen MR) is 173 cm³/mol. The monoisotopic (exact) mass is 606 g/mol. The molecule has 0 saturated heterocycles. The van der Waals surface area contributed by atoms with E-state index in [1.54, 1.807) is 0 Å². The first kappa shape index (κ1) is 31.3. The van der Waals surface area contributed by atoms with Crippen LogP contribution in [0.4, 0.5) is 9.59 Å². The second-order valence-electron chi connectivity index (χ2n) is 11.2.